The van der Waals surface area contributed by atoms with Crippen molar-refractivity contribution in [3.05, 3.63) is 42.2 Å². The van der Waals surface area contributed by atoms with Crippen molar-refractivity contribution in [3.63, 3.8) is 0 Å². The summed E-state index contributed by atoms with van der Waals surface area (Å²) < 4.78 is 36.0. The number of hydrogen-bond acceptors (Lipinski definition) is 7. The normalized spacial score (nSPS) is 15.1. The highest BCUT2D eigenvalue weighted by Gasteiger charge is 2.23. The molecule has 1 N–H and O–H groups in total. The predicted molar refractivity (Wildman–Crippen MR) is 97.3 cm³/mol. The second-order valence-corrected chi connectivity index (χ2v) is 8.18. The zero-order valence-corrected chi connectivity index (χ0v) is 15.3. The SMILES string of the molecule is O=C1CCCN1c1cncc(CNS(=O)(=O)c2cccc3nsnc23)c1. The van der Waals surface area contributed by atoms with Gasteiger partial charge in [-0.05, 0) is 30.2 Å². The molecule has 0 atom stereocenters. The molecule has 0 spiro atoms. The average Bonchev–Trinajstić information content (AvgIpc) is 3.28. The summed E-state index contributed by atoms with van der Waals surface area (Å²) in [5, 5.41) is 0. The van der Waals surface area contributed by atoms with E-state index >= 15 is 0 Å². The number of carbonyl (C=O) groups is 1. The standard InChI is InChI=1S/C16H15N5O3S2/c22-15-5-2-6-21(15)12-7-11(8-17-10-12)9-18-26(23,24)14-4-1-3-13-16(14)20-25-19-13/h1,3-4,7-8,10,18H,2,5-6,9H2. The van der Waals surface area contributed by atoms with Crippen LogP contribution in [0, 0.1) is 0 Å². The fourth-order valence-corrected chi connectivity index (χ4v) is 4.68. The van der Waals surface area contributed by atoms with Crippen molar-refractivity contribution in [1.29, 1.82) is 0 Å². The maximum absolute atomic E-state index is 12.7. The Morgan fingerprint density at radius 3 is 2.92 bits per heavy atom. The van der Waals surface area contributed by atoms with Crippen molar-refractivity contribution in [1.82, 2.24) is 18.5 Å². The van der Waals surface area contributed by atoms with Crippen LogP contribution in [0.4, 0.5) is 5.69 Å². The summed E-state index contributed by atoms with van der Waals surface area (Å²) in [7, 11) is -3.75. The summed E-state index contributed by atoms with van der Waals surface area (Å²) in [4.78, 5) is 17.8. The van der Waals surface area contributed by atoms with Gasteiger partial charge in [0, 0.05) is 25.7 Å². The van der Waals surface area contributed by atoms with Crippen molar-refractivity contribution in [3.8, 4) is 0 Å². The number of nitrogens with one attached hydrogen (secondary N) is 1. The smallest absolute Gasteiger partial charge is 0.243 e. The van der Waals surface area contributed by atoms with Crippen LogP contribution in [0.25, 0.3) is 11.0 Å². The molecule has 0 unspecified atom stereocenters. The van der Waals surface area contributed by atoms with E-state index < -0.39 is 10.0 Å². The monoisotopic (exact) mass is 389 g/mol. The minimum absolute atomic E-state index is 0.0623. The molecule has 1 aromatic carbocycles. The molecule has 134 valence electrons. The van der Waals surface area contributed by atoms with E-state index in [1.54, 1.807) is 35.5 Å². The summed E-state index contributed by atoms with van der Waals surface area (Å²) >= 11 is 0.974. The maximum atomic E-state index is 12.7. The van der Waals surface area contributed by atoms with Gasteiger partial charge >= 0.3 is 0 Å². The zero-order chi connectivity index (χ0) is 18.1. The lowest BCUT2D eigenvalue weighted by atomic mass is 10.2. The molecule has 1 aliphatic rings. The van der Waals surface area contributed by atoms with Crippen molar-refractivity contribution >= 4 is 44.4 Å². The third-order valence-electron chi connectivity index (χ3n) is 4.17. The molecule has 3 heterocycles. The number of fused-ring (bicyclic) bond motifs is 1. The van der Waals surface area contributed by atoms with Gasteiger partial charge in [-0.2, -0.15) is 8.75 Å². The van der Waals surface area contributed by atoms with E-state index in [-0.39, 0.29) is 17.3 Å². The molecule has 4 rings (SSSR count). The van der Waals surface area contributed by atoms with E-state index in [0.29, 0.717) is 35.2 Å². The highest BCUT2D eigenvalue weighted by atomic mass is 32.2. The Balaban J connectivity index is 1.55. The minimum atomic E-state index is -3.75. The summed E-state index contributed by atoms with van der Waals surface area (Å²) in [5.41, 5.74) is 2.28. The van der Waals surface area contributed by atoms with Gasteiger partial charge in [0.05, 0.1) is 23.6 Å². The Morgan fingerprint density at radius 2 is 2.12 bits per heavy atom. The van der Waals surface area contributed by atoms with Crippen LogP contribution in [0.5, 0.6) is 0 Å². The molecular weight excluding hydrogens is 374 g/mol. The third-order valence-corrected chi connectivity index (χ3v) is 6.15. The number of sulfonamides is 1. The zero-order valence-electron chi connectivity index (χ0n) is 13.6. The summed E-state index contributed by atoms with van der Waals surface area (Å²) in [6.07, 6.45) is 4.55. The molecule has 0 aliphatic carbocycles. The molecule has 1 aliphatic heterocycles. The molecule has 0 radical (unpaired) electrons. The first-order valence-corrected chi connectivity index (χ1v) is 10.2. The number of hydrogen-bond donors (Lipinski definition) is 1. The van der Waals surface area contributed by atoms with E-state index in [4.69, 9.17) is 0 Å². The van der Waals surface area contributed by atoms with Gasteiger partial charge in [-0.1, -0.05) is 6.07 Å². The van der Waals surface area contributed by atoms with E-state index in [1.807, 2.05) is 0 Å². The lowest BCUT2D eigenvalue weighted by Gasteiger charge is -2.16. The lowest BCUT2D eigenvalue weighted by molar-refractivity contribution is -0.117. The van der Waals surface area contributed by atoms with E-state index in [2.05, 4.69) is 18.5 Å². The first-order chi connectivity index (χ1) is 12.5. The van der Waals surface area contributed by atoms with Crippen molar-refractivity contribution in [2.45, 2.75) is 24.3 Å². The van der Waals surface area contributed by atoms with Crippen LogP contribution in [-0.4, -0.2) is 34.6 Å². The fraction of sp³-hybridized carbons (Fsp3) is 0.250. The second-order valence-electron chi connectivity index (χ2n) is 5.91. The van der Waals surface area contributed by atoms with Gasteiger partial charge in [-0.3, -0.25) is 9.78 Å². The van der Waals surface area contributed by atoms with Gasteiger partial charge in [-0.25, -0.2) is 13.1 Å². The van der Waals surface area contributed by atoms with E-state index in [0.717, 1.165) is 18.1 Å². The Morgan fingerprint density at radius 1 is 1.23 bits per heavy atom. The van der Waals surface area contributed by atoms with Crippen molar-refractivity contribution < 1.29 is 13.2 Å². The van der Waals surface area contributed by atoms with Crippen LogP contribution < -0.4 is 9.62 Å². The quantitative estimate of drug-likeness (QED) is 0.712. The largest absolute Gasteiger partial charge is 0.311 e. The van der Waals surface area contributed by atoms with Gasteiger partial charge in [0.2, 0.25) is 15.9 Å². The van der Waals surface area contributed by atoms with Crippen LogP contribution >= 0.6 is 11.7 Å². The molecule has 10 heteroatoms. The second kappa shape index (κ2) is 6.71. The Kier molecular flexibility index (Phi) is 4.39. The first kappa shape index (κ1) is 17.0. The van der Waals surface area contributed by atoms with Crippen LogP contribution in [0.15, 0.2) is 41.6 Å². The molecule has 1 fully saturated rings. The number of pyridine rings is 1. The van der Waals surface area contributed by atoms with Crippen LogP contribution in [0.3, 0.4) is 0 Å². The highest BCUT2D eigenvalue weighted by molar-refractivity contribution is 7.89. The van der Waals surface area contributed by atoms with Crippen molar-refractivity contribution in [2.75, 3.05) is 11.4 Å². The first-order valence-electron chi connectivity index (χ1n) is 8.00. The van der Waals surface area contributed by atoms with Gasteiger partial charge in [0.1, 0.15) is 15.9 Å². The van der Waals surface area contributed by atoms with Crippen LogP contribution in [-0.2, 0) is 21.4 Å². The predicted octanol–water partition coefficient (Wildman–Crippen LogP) is 1.69. The molecule has 0 bridgehead atoms. The van der Waals surface area contributed by atoms with Crippen molar-refractivity contribution in [2.24, 2.45) is 0 Å². The van der Waals surface area contributed by atoms with Crippen LogP contribution in [0.2, 0.25) is 0 Å². The highest BCUT2D eigenvalue weighted by Crippen LogP contribution is 2.23. The number of anilines is 1. The molecule has 26 heavy (non-hydrogen) atoms. The third kappa shape index (κ3) is 3.18. The fourth-order valence-electron chi connectivity index (χ4n) is 2.89. The molecular formula is C16H15N5O3S2. The van der Waals surface area contributed by atoms with Gasteiger partial charge in [-0.15, -0.1) is 0 Å². The molecule has 1 amide bonds. The Hall–Kier alpha value is -2.43. The number of aromatic nitrogens is 3. The molecule has 8 nitrogen and oxygen atoms in total. The molecule has 1 saturated heterocycles. The van der Waals surface area contributed by atoms with Gasteiger partial charge < -0.3 is 4.90 Å². The van der Waals surface area contributed by atoms with E-state index in [9.17, 15) is 13.2 Å². The maximum Gasteiger partial charge on any atom is 0.243 e. The van der Waals surface area contributed by atoms with Gasteiger partial charge in [0.25, 0.3) is 0 Å². The number of nitrogens with zero attached hydrogens (tertiary/aromatic N) is 4. The molecule has 0 saturated carbocycles. The van der Waals surface area contributed by atoms with Gasteiger partial charge in [0.15, 0.2) is 0 Å². The number of benzene rings is 1. The number of amides is 1. The topological polar surface area (TPSA) is 105 Å². The van der Waals surface area contributed by atoms with Crippen LogP contribution in [0.1, 0.15) is 18.4 Å². The minimum Gasteiger partial charge on any atom is -0.311 e. The average molecular weight is 389 g/mol. The van der Waals surface area contributed by atoms with E-state index in [1.165, 1.54) is 6.07 Å². The molecule has 3 aromatic rings. The lowest BCUT2D eigenvalue weighted by Crippen LogP contribution is -2.25. The Labute approximate surface area is 154 Å². The number of rotatable bonds is 5. The summed E-state index contributed by atoms with van der Waals surface area (Å²) in [6, 6.07) is 6.64. The Bertz CT molecular complexity index is 1080. The summed E-state index contributed by atoms with van der Waals surface area (Å²) in [6.45, 7) is 0.730. The summed E-state index contributed by atoms with van der Waals surface area (Å²) in [5.74, 6) is 0.0623. The molecule has 2 aromatic heterocycles. The number of carbonyl (C=O) groups excluding carboxylic acids is 1.